The normalized spacial score (nSPS) is 32.2. The fourth-order valence-electron chi connectivity index (χ4n) is 1.95. The molecule has 0 bridgehead atoms. The molecular formula is C10H21NO. The SMILES string of the molecule is COCCC(C)C1(C)CCCN1. The smallest absolute Gasteiger partial charge is 0.0465 e. The van der Waals surface area contributed by atoms with Gasteiger partial charge in [0, 0.05) is 19.3 Å². The second kappa shape index (κ2) is 4.24. The highest BCUT2D eigenvalue weighted by Gasteiger charge is 2.33. The Kier molecular flexibility index (Phi) is 3.53. The highest BCUT2D eigenvalue weighted by Crippen LogP contribution is 2.28. The van der Waals surface area contributed by atoms with E-state index in [1.807, 2.05) is 0 Å². The lowest BCUT2D eigenvalue weighted by Crippen LogP contribution is -2.42. The first-order valence-corrected chi connectivity index (χ1v) is 4.93. The Balaban J connectivity index is 2.33. The Labute approximate surface area is 75.7 Å². The number of ether oxygens (including phenoxy) is 1. The Morgan fingerprint density at radius 2 is 2.33 bits per heavy atom. The van der Waals surface area contributed by atoms with Crippen LogP contribution in [0.3, 0.4) is 0 Å². The maximum absolute atomic E-state index is 5.09. The van der Waals surface area contributed by atoms with E-state index in [0.29, 0.717) is 5.54 Å². The van der Waals surface area contributed by atoms with Crippen molar-refractivity contribution in [2.45, 2.75) is 38.6 Å². The van der Waals surface area contributed by atoms with Crippen LogP contribution in [0.15, 0.2) is 0 Å². The molecule has 1 heterocycles. The molecule has 0 saturated carbocycles. The fourth-order valence-corrected chi connectivity index (χ4v) is 1.95. The van der Waals surface area contributed by atoms with Crippen LogP contribution in [0.25, 0.3) is 0 Å². The van der Waals surface area contributed by atoms with Crippen LogP contribution in [0.4, 0.5) is 0 Å². The van der Waals surface area contributed by atoms with Crippen molar-refractivity contribution in [1.29, 1.82) is 0 Å². The Morgan fingerprint density at radius 1 is 1.58 bits per heavy atom. The molecule has 0 aromatic heterocycles. The van der Waals surface area contributed by atoms with E-state index >= 15 is 0 Å². The maximum atomic E-state index is 5.09. The van der Waals surface area contributed by atoms with Gasteiger partial charge in [0.15, 0.2) is 0 Å². The van der Waals surface area contributed by atoms with Gasteiger partial charge in [-0.3, -0.25) is 0 Å². The molecule has 1 fully saturated rings. The van der Waals surface area contributed by atoms with E-state index in [1.165, 1.54) is 25.8 Å². The summed E-state index contributed by atoms with van der Waals surface area (Å²) in [6, 6.07) is 0. The maximum Gasteiger partial charge on any atom is 0.0465 e. The minimum absolute atomic E-state index is 0.374. The van der Waals surface area contributed by atoms with Crippen molar-refractivity contribution in [3.05, 3.63) is 0 Å². The topological polar surface area (TPSA) is 21.3 Å². The summed E-state index contributed by atoms with van der Waals surface area (Å²) in [6.07, 6.45) is 3.81. The van der Waals surface area contributed by atoms with Crippen LogP contribution in [0.1, 0.15) is 33.1 Å². The third kappa shape index (κ3) is 2.20. The van der Waals surface area contributed by atoms with E-state index < -0.39 is 0 Å². The van der Waals surface area contributed by atoms with Crippen molar-refractivity contribution >= 4 is 0 Å². The molecule has 0 aromatic carbocycles. The fraction of sp³-hybridized carbons (Fsp3) is 1.00. The largest absolute Gasteiger partial charge is 0.385 e. The number of hydrogen-bond donors (Lipinski definition) is 1. The van der Waals surface area contributed by atoms with E-state index in [9.17, 15) is 0 Å². The van der Waals surface area contributed by atoms with Gasteiger partial charge < -0.3 is 10.1 Å². The molecule has 2 nitrogen and oxygen atoms in total. The highest BCUT2D eigenvalue weighted by atomic mass is 16.5. The standard InChI is InChI=1S/C10H21NO/c1-9(5-8-12-3)10(2)6-4-7-11-10/h9,11H,4-8H2,1-3H3. The Morgan fingerprint density at radius 3 is 2.83 bits per heavy atom. The Hall–Kier alpha value is -0.0800. The van der Waals surface area contributed by atoms with Crippen molar-refractivity contribution in [3.8, 4) is 0 Å². The van der Waals surface area contributed by atoms with Crippen molar-refractivity contribution in [2.75, 3.05) is 20.3 Å². The summed E-state index contributed by atoms with van der Waals surface area (Å²) in [5, 5.41) is 3.59. The highest BCUT2D eigenvalue weighted by molar-refractivity contribution is 4.92. The predicted octanol–water partition coefficient (Wildman–Crippen LogP) is 1.80. The summed E-state index contributed by atoms with van der Waals surface area (Å²) < 4.78 is 5.09. The monoisotopic (exact) mass is 171 g/mol. The molecule has 1 aliphatic heterocycles. The lowest BCUT2D eigenvalue weighted by molar-refractivity contribution is 0.153. The van der Waals surface area contributed by atoms with E-state index in [2.05, 4.69) is 19.2 Å². The summed E-state index contributed by atoms with van der Waals surface area (Å²) in [5.41, 5.74) is 0.374. The molecule has 1 saturated heterocycles. The molecule has 72 valence electrons. The van der Waals surface area contributed by atoms with Crippen molar-refractivity contribution in [1.82, 2.24) is 5.32 Å². The van der Waals surface area contributed by atoms with Gasteiger partial charge in [0.2, 0.25) is 0 Å². The van der Waals surface area contributed by atoms with Gasteiger partial charge in [0.25, 0.3) is 0 Å². The second-order valence-corrected chi connectivity index (χ2v) is 4.13. The van der Waals surface area contributed by atoms with Crippen LogP contribution in [0.5, 0.6) is 0 Å². The van der Waals surface area contributed by atoms with Gasteiger partial charge in [-0.15, -0.1) is 0 Å². The van der Waals surface area contributed by atoms with Crippen molar-refractivity contribution in [2.24, 2.45) is 5.92 Å². The molecule has 0 spiro atoms. The first kappa shape index (κ1) is 10.0. The van der Waals surface area contributed by atoms with Crippen LogP contribution in [0.2, 0.25) is 0 Å². The van der Waals surface area contributed by atoms with E-state index in [1.54, 1.807) is 7.11 Å². The molecular weight excluding hydrogens is 150 g/mol. The summed E-state index contributed by atoms with van der Waals surface area (Å²) >= 11 is 0. The summed E-state index contributed by atoms with van der Waals surface area (Å²) in [7, 11) is 1.77. The van der Waals surface area contributed by atoms with Crippen LogP contribution < -0.4 is 5.32 Å². The average Bonchev–Trinajstić information content (AvgIpc) is 2.49. The van der Waals surface area contributed by atoms with Crippen molar-refractivity contribution < 1.29 is 4.74 Å². The van der Waals surface area contributed by atoms with Gasteiger partial charge in [-0.1, -0.05) is 6.92 Å². The molecule has 0 amide bonds. The third-order valence-electron chi connectivity index (χ3n) is 3.24. The quantitative estimate of drug-likeness (QED) is 0.696. The van der Waals surface area contributed by atoms with Crippen molar-refractivity contribution in [3.63, 3.8) is 0 Å². The molecule has 0 aromatic rings. The van der Waals surface area contributed by atoms with Crippen LogP contribution in [-0.4, -0.2) is 25.8 Å². The minimum atomic E-state index is 0.374. The molecule has 12 heavy (non-hydrogen) atoms. The van der Waals surface area contributed by atoms with Gasteiger partial charge in [-0.2, -0.15) is 0 Å². The van der Waals surface area contributed by atoms with Gasteiger partial charge in [0.1, 0.15) is 0 Å². The third-order valence-corrected chi connectivity index (χ3v) is 3.24. The summed E-state index contributed by atoms with van der Waals surface area (Å²) in [4.78, 5) is 0. The molecule has 2 atom stereocenters. The first-order chi connectivity index (χ1) is 5.69. The lowest BCUT2D eigenvalue weighted by atomic mass is 9.84. The summed E-state index contributed by atoms with van der Waals surface area (Å²) in [6.45, 7) is 6.73. The van der Waals surface area contributed by atoms with E-state index in [-0.39, 0.29) is 0 Å². The van der Waals surface area contributed by atoms with E-state index in [4.69, 9.17) is 4.74 Å². The summed E-state index contributed by atoms with van der Waals surface area (Å²) in [5.74, 6) is 0.722. The predicted molar refractivity (Wildman–Crippen MR) is 51.3 cm³/mol. The number of methoxy groups -OCH3 is 1. The van der Waals surface area contributed by atoms with E-state index in [0.717, 1.165) is 12.5 Å². The van der Waals surface area contributed by atoms with Gasteiger partial charge in [-0.25, -0.2) is 0 Å². The lowest BCUT2D eigenvalue weighted by Gasteiger charge is -2.31. The molecule has 1 N–H and O–H groups in total. The molecule has 1 rings (SSSR count). The average molecular weight is 171 g/mol. The molecule has 1 aliphatic rings. The first-order valence-electron chi connectivity index (χ1n) is 4.93. The Bertz CT molecular complexity index is 130. The van der Waals surface area contributed by atoms with Gasteiger partial charge >= 0.3 is 0 Å². The zero-order valence-electron chi connectivity index (χ0n) is 8.52. The zero-order valence-corrected chi connectivity index (χ0v) is 8.52. The van der Waals surface area contributed by atoms with Crippen LogP contribution in [0, 0.1) is 5.92 Å². The molecule has 0 aliphatic carbocycles. The molecule has 0 radical (unpaired) electrons. The number of nitrogens with one attached hydrogen (secondary N) is 1. The van der Waals surface area contributed by atoms with Crippen LogP contribution in [-0.2, 0) is 4.74 Å². The number of rotatable bonds is 4. The van der Waals surface area contributed by atoms with Gasteiger partial charge in [0.05, 0.1) is 0 Å². The second-order valence-electron chi connectivity index (χ2n) is 4.13. The minimum Gasteiger partial charge on any atom is -0.385 e. The zero-order chi connectivity index (χ0) is 9.03. The molecule has 2 heteroatoms. The van der Waals surface area contributed by atoms with Crippen LogP contribution >= 0.6 is 0 Å². The number of hydrogen-bond acceptors (Lipinski definition) is 2. The van der Waals surface area contributed by atoms with Gasteiger partial charge in [-0.05, 0) is 38.6 Å². The molecule has 2 unspecified atom stereocenters.